The Morgan fingerprint density at radius 3 is 2.34 bits per heavy atom. The summed E-state index contributed by atoms with van der Waals surface area (Å²) in [4.78, 5) is 51.3. The molecule has 0 aliphatic carbocycles. The minimum absolute atomic E-state index is 0.0763. The Morgan fingerprint density at radius 2 is 1.74 bits per heavy atom. The molecule has 3 aromatic rings. The van der Waals surface area contributed by atoms with Crippen LogP contribution >= 0.6 is 11.6 Å². The normalized spacial score (nSPS) is 12.8. The van der Waals surface area contributed by atoms with E-state index in [1.807, 2.05) is 5.32 Å². The lowest BCUT2D eigenvalue weighted by Gasteiger charge is -2.17. The predicted molar refractivity (Wildman–Crippen MR) is 128 cm³/mol. The fraction of sp³-hybridized carbons (Fsp3) is 0.200. The number of nitrogens with zero attached hydrogens (tertiary/aromatic N) is 2. The molecule has 2 amide bonds. The molecule has 0 saturated carbocycles. The lowest BCUT2D eigenvalue weighted by Crippen LogP contribution is -2.37. The number of rotatable bonds is 6. The van der Waals surface area contributed by atoms with Gasteiger partial charge in [0.15, 0.2) is 0 Å². The second-order valence-corrected chi connectivity index (χ2v) is 8.92. The van der Waals surface area contributed by atoms with Crippen molar-refractivity contribution in [1.82, 2.24) is 14.8 Å². The SMILES string of the molecule is O=C(O)CNC(=O)c1c(O)c2c(n(Cc3ccc(C(F)(F)F)cc3)c1=O)CN(C(=O)c1cccc(Cl)c1)C2. The summed E-state index contributed by atoms with van der Waals surface area (Å²) in [7, 11) is 0. The van der Waals surface area contributed by atoms with Crippen LogP contribution in [0.3, 0.4) is 0 Å². The summed E-state index contributed by atoms with van der Waals surface area (Å²) in [5.41, 5.74) is -1.86. The van der Waals surface area contributed by atoms with Gasteiger partial charge < -0.3 is 25.0 Å². The Bertz CT molecular complexity index is 1500. The van der Waals surface area contributed by atoms with Gasteiger partial charge in [-0.2, -0.15) is 13.2 Å². The average molecular weight is 550 g/mol. The lowest BCUT2D eigenvalue weighted by atomic mass is 10.1. The lowest BCUT2D eigenvalue weighted by molar-refractivity contribution is -0.138. The van der Waals surface area contributed by atoms with E-state index in [1.54, 1.807) is 12.1 Å². The summed E-state index contributed by atoms with van der Waals surface area (Å²) < 4.78 is 40.0. The van der Waals surface area contributed by atoms with Crippen LogP contribution in [0.2, 0.25) is 5.02 Å². The van der Waals surface area contributed by atoms with Crippen LogP contribution < -0.4 is 10.9 Å². The molecule has 0 radical (unpaired) electrons. The standard InChI is InChI=1S/C25H19ClF3N3O6/c26-16-3-1-2-14(8-16)23(37)31-11-17-18(12-31)32(10-13-4-6-15(7-5-13)25(27,28)29)24(38)20(21(17)35)22(36)30-9-19(33)34/h1-8,35H,9-12H2,(H,30,36)(H,33,34). The summed E-state index contributed by atoms with van der Waals surface area (Å²) in [6.45, 7) is -1.45. The molecule has 9 nitrogen and oxygen atoms in total. The van der Waals surface area contributed by atoms with Crippen molar-refractivity contribution in [2.24, 2.45) is 0 Å². The van der Waals surface area contributed by atoms with E-state index in [9.17, 15) is 37.5 Å². The van der Waals surface area contributed by atoms with E-state index in [-0.39, 0.29) is 42.0 Å². The van der Waals surface area contributed by atoms with Crippen LogP contribution in [0.1, 0.15) is 43.1 Å². The van der Waals surface area contributed by atoms with Crippen LogP contribution in [0.4, 0.5) is 13.2 Å². The third-order valence-corrected chi connectivity index (χ3v) is 6.19. The fourth-order valence-corrected chi connectivity index (χ4v) is 4.32. The molecule has 4 rings (SSSR count). The van der Waals surface area contributed by atoms with E-state index < -0.39 is 52.9 Å². The third kappa shape index (κ3) is 5.35. The zero-order valence-corrected chi connectivity index (χ0v) is 20.1. The van der Waals surface area contributed by atoms with Crippen molar-refractivity contribution >= 4 is 29.4 Å². The second kappa shape index (κ2) is 10.2. The Morgan fingerprint density at radius 1 is 1.05 bits per heavy atom. The molecule has 2 heterocycles. The van der Waals surface area contributed by atoms with E-state index >= 15 is 0 Å². The number of carboxylic acid groups (broad SMARTS) is 1. The average Bonchev–Trinajstić information content (AvgIpc) is 3.30. The third-order valence-electron chi connectivity index (χ3n) is 5.95. The largest absolute Gasteiger partial charge is 0.506 e. The summed E-state index contributed by atoms with van der Waals surface area (Å²) >= 11 is 5.98. The van der Waals surface area contributed by atoms with E-state index in [2.05, 4.69) is 0 Å². The highest BCUT2D eigenvalue weighted by Gasteiger charge is 2.34. The van der Waals surface area contributed by atoms with E-state index in [4.69, 9.17) is 16.7 Å². The topological polar surface area (TPSA) is 129 Å². The van der Waals surface area contributed by atoms with Gasteiger partial charge in [-0.3, -0.25) is 19.2 Å². The van der Waals surface area contributed by atoms with Crippen molar-refractivity contribution in [2.75, 3.05) is 6.54 Å². The van der Waals surface area contributed by atoms with Crippen LogP contribution in [0.5, 0.6) is 5.75 Å². The molecule has 0 spiro atoms. The monoisotopic (exact) mass is 549 g/mol. The highest BCUT2D eigenvalue weighted by Crippen LogP contribution is 2.33. The van der Waals surface area contributed by atoms with Crippen LogP contribution in [-0.2, 0) is 30.6 Å². The molecule has 0 saturated heterocycles. The summed E-state index contributed by atoms with van der Waals surface area (Å²) in [5, 5.41) is 22.0. The molecule has 0 bridgehead atoms. The van der Waals surface area contributed by atoms with Gasteiger partial charge in [0.05, 0.1) is 25.2 Å². The van der Waals surface area contributed by atoms with Crippen LogP contribution in [0, 0.1) is 0 Å². The first-order chi connectivity index (χ1) is 17.9. The van der Waals surface area contributed by atoms with E-state index in [0.717, 1.165) is 16.7 Å². The van der Waals surface area contributed by atoms with Gasteiger partial charge in [-0.15, -0.1) is 0 Å². The number of nitrogens with one attached hydrogen (secondary N) is 1. The molecule has 3 N–H and O–H groups in total. The van der Waals surface area contributed by atoms with Crippen molar-refractivity contribution < 1.29 is 37.8 Å². The number of hydrogen-bond acceptors (Lipinski definition) is 5. The highest BCUT2D eigenvalue weighted by atomic mass is 35.5. The summed E-state index contributed by atoms with van der Waals surface area (Å²) in [5.74, 6) is -3.73. The van der Waals surface area contributed by atoms with E-state index in [0.29, 0.717) is 5.02 Å². The number of aromatic nitrogens is 1. The fourth-order valence-electron chi connectivity index (χ4n) is 4.13. The maximum atomic E-state index is 13.4. The first kappa shape index (κ1) is 26.7. The second-order valence-electron chi connectivity index (χ2n) is 8.48. The maximum absolute atomic E-state index is 13.4. The quantitative estimate of drug-likeness (QED) is 0.433. The number of benzene rings is 2. The molecular formula is C25H19ClF3N3O6. The number of aromatic hydroxyl groups is 1. The Balaban J connectivity index is 1.77. The predicted octanol–water partition coefficient (Wildman–Crippen LogP) is 3.24. The minimum atomic E-state index is -4.56. The number of carbonyl (C=O) groups excluding carboxylic acids is 2. The first-order valence-corrected chi connectivity index (χ1v) is 11.4. The van der Waals surface area contributed by atoms with Crippen molar-refractivity contribution in [3.8, 4) is 5.75 Å². The Labute approximate surface area is 217 Å². The Hall–Kier alpha value is -4.32. The number of carboxylic acids is 1. The van der Waals surface area contributed by atoms with Crippen molar-refractivity contribution in [3.63, 3.8) is 0 Å². The summed E-state index contributed by atoms with van der Waals surface area (Å²) in [6, 6.07) is 10.1. The molecule has 0 fully saturated rings. The number of aliphatic carboxylic acids is 1. The van der Waals surface area contributed by atoms with Crippen LogP contribution in [0.15, 0.2) is 53.3 Å². The number of carbonyl (C=O) groups is 3. The van der Waals surface area contributed by atoms with Gasteiger partial charge >= 0.3 is 12.1 Å². The molecule has 2 aromatic carbocycles. The van der Waals surface area contributed by atoms with Gasteiger partial charge in [0, 0.05) is 21.8 Å². The van der Waals surface area contributed by atoms with Crippen molar-refractivity contribution in [3.05, 3.63) is 97.4 Å². The minimum Gasteiger partial charge on any atom is -0.506 e. The van der Waals surface area contributed by atoms with Crippen molar-refractivity contribution in [1.29, 1.82) is 0 Å². The zero-order valence-electron chi connectivity index (χ0n) is 19.4. The van der Waals surface area contributed by atoms with Crippen LogP contribution in [-0.4, -0.2) is 44.0 Å². The number of amides is 2. The molecule has 13 heteroatoms. The number of pyridine rings is 1. The molecule has 0 atom stereocenters. The van der Waals surface area contributed by atoms with Gasteiger partial charge in [0.2, 0.25) is 0 Å². The first-order valence-electron chi connectivity index (χ1n) is 11.0. The molecule has 1 aromatic heterocycles. The van der Waals surface area contributed by atoms with Gasteiger partial charge in [0.1, 0.15) is 17.9 Å². The molecule has 1 aliphatic rings. The highest BCUT2D eigenvalue weighted by molar-refractivity contribution is 6.31. The molecular weight excluding hydrogens is 531 g/mol. The molecule has 1 aliphatic heterocycles. The van der Waals surface area contributed by atoms with Crippen molar-refractivity contribution in [2.45, 2.75) is 25.8 Å². The number of halogens is 4. The van der Waals surface area contributed by atoms with Gasteiger partial charge in [0.25, 0.3) is 17.4 Å². The van der Waals surface area contributed by atoms with E-state index in [1.165, 1.54) is 29.2 Å². The molecule has 0 unspecified atom stereocenters. The number of alkyl halides is 3. The van der Waals surface area contributed by atoms with Crippen LogP contribution in [0.25, 0.3) is 0 Å². The molecule has 198 valence electrons. The number of hydrogen-bond donors (Lipinski definition) is 3. The van der Waals surface area contributed by atoms with Gasteiger partial charge in [-0.05, 0) is 35.9 Å². The van der Waals surface area contributed by atoms with Gasteiger partial charge in [-0.25, -0.2) is 0 Å². The smallest absolute Gasteiger partial charge is 0.416 e. The Kier molecular flexibility index (Phi) is 7.18. The maximum Gasteiger partial charge on any atom is 0.416 e. The van der Waals surface area contributed by atoms with Gasteiger partial charge in [-0.1, -0.05) is 29.8 Å². The number of fused-ring (bicyclic) bond motifs is 1. The summed E-state index contributed by atoms with van der Waals surface area (Å²) in [6.07, 6.45) is -4.56. The zero-order chi connectivity index (χ0) is 27.8. The molecule has 38 heavy (non-hydrogen) atoms.